The van der Waals surface area contributed by atoms with Gasteiger partial charge < -0.3 is 5.73 Å². The second-order valence-corrected chi connectivity index (χ2v) is 2.44. The molecule has 0 aromatic heterocycles. The van der Waals surface area contributed by atoms with Gasteiger partial charge in [0.05, 0.1) is 0 Å². The van der Waals surface area contributed by atoms with Crippen molar-refractivity contribution in [1.29, 1.82) is 16.1 Å². The van der Waals surface area contributed by atoms with Gasteiger partial charge in [0, 0.05) is 6.42 Å². The highest BCUT2D eigenvalue weighted by Gasteiger charge is 2.28. The Bertz CT molecular complexity index is 207. The monoisotopic (exact) mass is 165 g/mol. The smallest absolute Gasteiger partial charge is 0.251 e. The van der Waals surface area contributed by atoms with E-state index in [1.54, 1.807) is 12.1 Å². The average molecular weight is 165 g/mol. The molecule has 0 aliphatic carbocycles. The van der Waals surface area contributed by atoms with E-state index in [0.717, 1.165) is 6.42 Å². The number of nitrogens with one attached hydrogen (secondary N) is 1. The van der Waals surface area contributed by atoms with Gasteiger partial charge in [-0.05, 0) is 19.4 Å². The third kappa shape index (κ3) is 2.65. The number of unbranched alkanes of at least 4 members (excludes halogenated alkanes) is 1. The largest absolute Gasteiger partial charge is 0.330 e. The molecule has 0 spiro atoms. The van der Waals surface area contributed by atoms with Crippen LogP contribution in [0.5, 0.6) is 0 Å². The number of nitrogens with zero attached hydrogens (tertiary/aromatic N) is 3. The van der Waals surface area contributed by atoms with Gasteiger partial charge in [-0.3, -0.25) is 0 Å². The highest BCUT2D eigenvalue weighted by molar-refractivity contribution is 5.20. The molecule has 3 N–H and O–H groups in total. The van der Waals surface area contributed by atoms with Crippen LogP contribution in [0, 0.1) is 28.2 Å². The van der Waals surface area contributed by atoms with Crippen LogP contribution in [0.3, 0.4) is 0 Å². The SMILES string of the molecule is N#CC(C#N)(CCCCN)N=N. The minimum Gasteiger partial charge on any atom is -0.330 e. The van der Waals surface area contributed by atoms with Crippen LogP contribution in [-0.2, 0) is 0 Å². The maximum Gasteiger partial charge on any atom is 0.251 e. The van der Waals surface area contributed by atoms with Crippen molar-refractivity contribution < 1.29 is 0 Å². The molecule has 0 amide bonds. The van der Waals surface area contributed by atoms with E-state index in [-0.39, 0.29) is 0 Å². The van der Waals surface area contributed by atoms with Gasteiger partial charge in [-0.25, -0.2) is 5.53 Å². The average Bonchev–Trinajstić information content (AvgIpc) is 2.14. The molecule has 0 aliphatic heterocycles. The van der Waals surface area contributed by atoms with E-state index < -0.39 is 5.54 Å². The second-order valence-electron chi connectivity index (χ2n) is 2.44. The topological polar surface area (TPSA) is 110 Å². The molecule has 0 atom stereocenters. The Morgan fingerprint density at radius 2 is 1.92 bits per heavy atom. The summed E-state index contributed by atoms with van der Waals surface area (Å²) in [5.41, 5.74) is 10.5. The minimum atomic E-state index is -1.48. The molecule has 0 fully saturated rings. The molecular weight excluding hydrogens is 154 g/mol. The van der Waals surface area contributed by atoms with Crippen LogP contribution < -0.4 is 5.73 Å². The lowest BCUT2D eigenvalue weighted by molar-refractivity contribution is 0.538. The first-order valence-electron chi connectivity index (χ1n) is 3.66. The molecular formula is C7H11N5. The van der Waals surface area contributed by atoms with Crippen molar-refractivity contribution >= 4 is 0 Å². The van der Waals surface area contributed by atoms with Gasteiger partial charge in [0.15, 0.2) is 0 Å². The quantitative estimate of drug-likeness (QED) is 0.467. The molecule has 5 heteroatoms. The highest BCUT2D eigenvalue weighted by atomic mass is 15.0. The minimum absolute atomic E-state index is 0.292. The molecule has 0 aromatic carbocycles. The van der Waals surface area contributed by atoms with Crippen LogP contribution in [-0.4, -0.2) is 12.1 Å². The summed E-state index contributed by atoms with van der Waals surface area (Å²) in [6.45, 7) is 0.533. The molecule has 0 unspecified atom stereocenters. The van der Waals surface area contributed by atoms with Gasteiger partial charge >= 0.3 is 0 Å². The molecule has 0 saturated carbocycles. The van der Waals surface area contributed by atoms with E-state index >= 15 is 0 Å². The Kier molecular flexibility index (Phi) is 4.59. The van der Waals surface area contributed by atoms with Gasteiger partial charge in [0.1, 0.15) is 12.1 Å². The predicted molar refractivity (Wildman–Crippen MR) is 42.0 cm³/mol. The van der Waals surface area contributed by atoms with Crippen LogP contribution >= 0.6 is 0 Å². The van der Waals surface area contributed by atoms with E-state index in [2.05, 4.69) is 5.11 Å². The van der Waals surface area contributed by atoms with Crippen molar-refractivity contribution in [2.45, 2.75) is 24.8 Å². The summed E-state index contributed by atoms with van der Waals surface area (Å²) in [5, 5.41) is 20.1. The first kappa shape index (κ1) is 10.5. The zero-order valence-electron chi connectivity index (χ0n) is 6.75. The molecule has 5 nitrogen and oxygen atoms in total. The van der Waals surface area contributed by atoms with E-state index in [1.807, 2.05) is 0 Å². The zero-order valence-corrected chi connectivity index (χ0v) is 6.75. The van der Waals surface area contributed by atoms with E-state index in [4.69, 9.17) is 21.8 Å². The normalized spacial score (nSPS) is 9.92. The molecule has 12 heavy (non-hydrogen) atoms. The fourth-order valence-electron chi connectivity index (χ4n) is 0.768. The summed E-state index contributed by atoms with van der Waals surface area (Å²) in [6, 6.07) is 3.44. The fourth-order valence-corrected chi connectivity index (χ4v) is 0.768. The third-order valence-electron chi connectivity index (χ3n) is 1.55. The predicted octanol–water partition coefficient (Wildman–Crippen LogP) is 0.932. The lowest BCUT2D eigenvalue weighted by Gasteiger charge is -2.09. The molecule has 0 aromatic rings. The Hall–Kier alpha value is -1.46. The Morgan fingerprint density at radius 3 is 2.25 bits per heavy atom. The van der Waals surface area contributed by atoms with Crippen molar-refractivity contribution in [3.8, 4) is 12.1 Å². The van der Waals surface area contributed by atoms with Crippen molar-refractivity contribution in [2.75, 3.05) is 6.54 Å². The van der Waals surface area contributed by atoms with Gasteiger partial charge in [0.25, 0.3) is 5.54 Å². The molecule has 0 radical (unpaired) electrons. The van der Waals surface area contributed by atoms with Crippen molar-refractivity contribution in [3.05, 3.63) is 0 Å². The molecule has 0 saturated heterocycles. The van der Waals surface area contributed by atoms with E-state index in [9.17, 15) is 0 Å². The summed E-state index contributed by atoms with van der Waals surface area (Å²) in [6.07, 6.45) is 1.70. The molecule has 0 heterocycles. The maximum atomic E-state index is 8.56. The Morgan fingerprint density at radius 1 is 1.33 bits per heavy atom. The van der Waals surface area contributed by atoms with Gasteiger partial charge in [0.2, 0.25) is 0 Å². The van der Waals surface area contributed by atoms with E-state index in [0.29, 0.717) is 19.4 Å². The summed E-state index contributed by atoms with van der Waals surface area (Å²) < 4.78 is 0. The first-order chi connectivity index (χ1) is 5.74. The molecule has 0 aliphatic rings. The summed E-state index contributed by atoms with van der Waals surface area (Å²) in [7, 11) is 0. The molecule has 0 rings (SSSR count). The molecule has 64 valence electrons. The Labute approximate surface area is 71.3 Å². The fraction of sp³-hybridized carbons (Fsp3) is 0.714. The van der Waals surface area contributed by atoms with Crippen LogP contribution in [0.4, 0.5) is 0 Å². The number of hydrogen-bond donors (Lipinski definition) is 2. The van der Waals surface area contributed by atoms with Crippen LogP contribution in [0.1, 0.15) is 19.3 Å². The van der Waals surface area contributed by atoms with E-state index in [1.165, 1.54) is 0 Å². The Balaban J connectivity index is 4.08. The van der Waals surface area contributed by atoms with Crippen molar-refractivity contribution in [1.82, 2.24) is 0 Å². The summed E-state index contributed by atoms with van der Waals surface area (Å²) >= 11 is 0. The number of rotatable bonds is 5. The lowest BCUT2D eigenvalue weighted by Crippen LogP contribution is -2.21. The zero-order chi connectivity index (χ0) is 9.45. The number of nitrogens with two attached hydrogens (primary N) is 1. The van der Waals surface area contributed by atoms with Gasteiger partial charge in [-0.15, -0.1) is 0 Å². The lowest BCUT2D eigenvalue weighted by atomic mass is 9.97. The maximum absolute atomic E-state index is 8.56. The third-order valence-corrected chi connectivity index (χ3v) is 1.55. The van der Waals surface area contributed by atoms with Gasteiger partial charge in [-0.2, -0.15) is 15.6 Å². The number of nitriles is 2. The van der Waals surface area contributed by atoms with Crippen molar-refractivity contribution in [2.24, 2.45) is 10.8 Å². The highest BCUT2D eigenvalue weighted by Crippen LogP contribution is 2.16. The number of hydrogen-bond acceptors (Lipinski definition) is 5. The molecule has 0 bridgehead atoms. The van der Waals surface area contributed by atoms with Crippen molar-refractivity contribution in [3.63, 3.8) is 0 Å². The standard InChI is InChI=1S/C7H11N5/c8-4-2-1-3-7(5-9,6-10)12-11/h11H,1-4,8H2. The second kappa shape index (κ2) is 5.22. The summed E-state index contributed by atoms with van der Waals surface area (Å²) in [4.78, 5) is 0. The summed E-state index contributed by atoms with van der Waals surface area (Å²) in [5.74, 6) is 0. The van der Waals surface area contributed by atoms with Crippen LogP contribution in [0.2, 0.25) is 0 Å². The van der Waals surface area contributed by atoms with Crippen LogP contribution in [0.15, 0.2) is 5.11 Å². The van der Waals surface area contributed by atoms with Crippen LogP contribution in [0.25, 0.3) is 0 Å². The van der Waals surface area contributed by atoms with Gasteiger partial charge in [-0.1, -0.05) is 0 Å². The first-order valence-corrected chi connectivity index (χ1v) is 3.66.